The third-order valence-corrected chi connectivity index (χ3v) is 6.75. The molecule has 2 rings (SSSR count). The van der Waals surface area contributed by atoms with Crippen molar-refractivity contribution in [3.05, 3.63) is 35.6 Å². The molecule has 1 aromatic rings. The lowest BCUT2D eigenvalue weighted by atomic mass is 10.2. The molecule has 1 aromatic carbocycles. The average Bonchev–Trinajstić information content (AvgIpc) is 3.05. The summed E-state index contributed by atoms with van der Waals surface area (Å²) in [5.41, 5.74) is 0.248. The van der Waals surface area contributed by atoms with Crippen molar-refractivity contribution in [2.24, 2.45) is 0 Å². The molecule has 8 heteroatoms. The van der Waals surface area contributed by atoms with Crippen molar-refractivity contribution in [2.75, 3.05) is 25.1 Å². The van der Waals surface area contributed by atoms with Gasteiger partial charge in [0.15, 0.2) is 0 Å². The number of halogens is 1. The maximum Gasteiger partial charge on any atom is 0.235 e. The number of nitrogens with one attached hydrogen (secondary N) is 1. The van der Waals surface area contributed by atoms with Gasteiger partial charge in [-0.3, -0.25) is 4.79 Å². The molecule has 0 unspecified atom stereocenters. The van der Waals surface area contributed by atoms with Gasteiger partial charge in [-0.1, -0.05) is 31.0 Å². The summed E-state index contributed by atoms with van der Waals surface area (Å²) in [6.07, 6.45) is 6.07. The van der Waals surface area contributed by atoms with Gasteiger partial charge >= 0.3 is 0 Å². The van der Waals surface area contributed by atoms with Crippen molar-refractivity contribution in [3.8, 4) is 0 Å². The third-order valence-electron chi connectivity index (χ3n) is 4.17. The van der Waals surface area contributed by atoms with Gasteiger partial charge in [-0.05, 0) is 18.9 Å². The Hall–Kier alpha value is -1.12. The summed E-state index contributed by atoms with van der Waals surface area (Å²) in [4.78, 5) is 12.1. The lowest BCUT2D eigenvalue weighted by molar-refractivity contribution is -0.121. The number of benzene rings is 1. The first kappa shape index (κ1) is 20.2. The Morgan fingerprint density at radius 3 is 2.64 bits per heavy atom. The topological polar surface area (TPSA) is 66.5 Å². The molecule has 0 aromatic heterocycles. The van der Waals surface area contributed by atoms with E-state index in [1.807, 2.05) is 11.8 Å². The number of hydrogen-bond donors (Lipinski definition) is 1. The molecule has 25 heavy (non-hydrogen) atoms. The minimum atomic E-state index is -3.62. The molecule has 0 saturated heterocycles. The standard InChI is InChI=1S/C17H25FN2O3S2/c1-25(22,23)20(12-14-6-2-5-9-16(14)18)13-17(21)19-10-11-24-15-7-3-4-8-15/h2,5-6,9,15H,3-4,7-8,10-13H2,1H3,(H,19,21). The van der Waals surface area contributed by atoms with Gasteiger partial charge in [-0.15, -0.1) is 0 Å². The van der Waals surface area contributed by atoms with Crippen LogP contribution in [0.4, 0.5) is 4.39 Å². The van der Waals surface area contributed by atoms with Gasteiger partial charge in [-0.25, -0.2) is 12.8 Å². The van der Waals surface area contributed by atoms with E-state index in [2.05, 4.69) is 5.32 Å². The fourth-order valence-electron chi connectivity index (χ4n) is 2.79. The molecule has 1 amide bonds. The number of thioether (sulfide) groups is 1. The molecule has 140 valence electrons. The summed E-state index contributed by atoms with van der Waals surface area (Å²) in [6.45, 7) is 0.0499. The van der Waals surface area contributed by atoms with Crippen LogP contribution in [0.3, 0.4) is 0 Å². The van der Waals surface area contributed by atoms with Crippen LogP contribution in [-0.4, -0.2) is 49.0 Å². The Bertz CT molecular complexity index is 676. The van der Waals surface area contributed by atoms with E-state index in [4.69, 9.17) is 0 Å². The minimum absolute atomic E-state index is 0.157. The number of hydrogen-bond acceptors (Lipinski definition) is 4. The molecule has 0 spiro atoms. The summed E-state index contributed by atoms with van der Waals surface area (Å²) in [7, 11) is -3.62. The van der Waals surface area contributed by atoms with E-state index in [1.54, 1.807) is 12.1 Å². The first-order chi connectivity index (χ1) is 11.9. The molecule has 1 N–H and O–H groups in total. The molecular formula is C17H25FN2O3S2. The molecule has 5 nitrogen and oxygen atoms in total. The highest BCUT2D eigenvalue weighted by Crippen LogP contribution is 2.28. The zero-order valence-corrected chi connectivity index (χ0v) is 16.0. The van der Waals surface area contributed by atoms with E-state index in [-0.39, 0.29) is 24.6 Å². The molecule has 1 fully saturated rings. The third kappa shape index (κ3) is 6.95. The monoisotopic (exact) mass is 388 g/mol. The predicted molar refractivity (Wildman–Crippen MR) is 99.4 cm³/mol. The number of sulfonamides is 1. The molecule has 0 radical (unpaired) electrons. The molecule has 0 heterocycles. The summed E-state index contributed by atoms with van der Waals surface area (Å²) in [6, 6.07) is 5.97. The van der Waals surface area contributed by atoms with Crippen molar-refractivity contribution < 1.29 is 17.6 Å². The van der Waals surface area contributed by atoms with Crippen molar-refractivity contribution in [1.82, 2.24) is 9.62 Å². The molecule has 0 atom stereocenters. The Labute approximate surface area is 153 Å². The van der Waals surface area contributed by atoms with Gasteiger partial charge in [-0.2, -0.15) is 16.1 Å². The molecule has 1 saturated carbocycles. The second-order valence-electron chi connectivity index (χ2n) is 6.25. The van der Waals surface area contributed by atoms with Gasteiger partial charge < -0.3 is 5.32 Å². The SMILES string of the molecule is CS(=O)(=O)N(CC(=O)NCCSC1CCCC1)Cc1ccccc1F. The van der Waals surface area contributed by atoms with Crippen molar-refractivity contribution in [1.29, 1.82) is 0 Å². The van der Waals surface area contributed by atoms with Crippen LogP contribution in [0, 0.1) is 5.82 Å². The van der Waals surface area contributed by atoms with Gasteiger partial charge in [0.1, 0.15) is 5.82 Å². The van der Waals surface area contributed by atoms with Crippen molar-refractivity contribution >= 4 is 27.7 Å². The Balaban J connectivity index is 1.82. The predicted octanol–water partition coefficient (Wildman–Crippen LogP) is 2.38. The fraction of sp³-hybridized carbons (Fsp3) is 0.588. The number of carbonyl (C=O) groups is 1. The summed E-state index contributed by atoms with van der Waals surface area (Å²) in [5, 5.41) is 3.44. The van der Waals surface area contributed by atoms with Gasteiger partial charge in [0.25, 0.3) is 0 Å². The molecule has 1 aliphatic carbocycles. The number of carbonyl (C=O) groups excluding carboxylic acids is 1. The lowest BCUT2D eigenvalue weighted by Crippen LogP contribution is -2.40. The van der Waals surface area contributed by atoms with Crippen LogP contribution in [0.1, 0.15) is 31.2 Å². The number of rotatable bonds is 9. The minimum Gasteiger partial charge on any atom is -0.354 e. The second-order valence-corrected chi connectivity index (χ2v) is 9.64. The summed E-state index contributed by atoms with van der Waals surface area (Å²) in [5.74, 6) is -0.0268. The van der Waals surface area contributed by atoms with Crippen LogP contribution in [0.2, 0.25) is 0 Å². The zero-order chi connectivity index (χ0) is 18.3. The number of nitrogens with zero attached hydrogens (tertiary/aromatic N) is 1. The quantitative estimate of drug-likeness (QED) is 0.660. The summed E-state index contributed by atoms with van der Waals surface area (Å²) >= 11 is 1.86. The van der Waals surface area contributed by atoms with Crippen molar-refractivity contribution in [3.63, 3.8) is 0 Å². The van der Waals surface area contributed by atoms with Crippen LogP contribution in [0.25, 0.3) is 0 Å². The first-order valence-electron chi connectivity index (χ1n) is 8.43. The Morgan fingerprint density at radius 1 is 1.32 bits per heavy atom. The van der Waals surface area contributed by atoms with Crippen LogP contribution < -0.4 is 5.32 Å². The van der Waals surface area contributed by atoms with Gasteiger partial charge in [0.2, 0.25) is 15.9 Å². The van der Waals surface area contributed by atoms with Gasteiger partial charge in [0.05, 0.1) is 12.8 Å². The smallest absolute Gasteiger partial charge is 0.235 e. The highest BCUT2D eigenvalue weighted by atomic mass is 32.2. The van der Waals surface area contributed by atoms with Crippen molar-refractivity contribution in [2.45, 2.75) is 37.5 Å². The largest absolute Gasteiger partial charge is 0.354 e. The maximum atomic E-state index is 13.7. The van der Waals surface area contributed by atoms with Crippen LogP contribution in [0.15, 0.2) is 24.3 Å². The highest BCUT2D eigenvalue weighted by Gasteiger charge is 2.22. The van der Waals surface area contributed by atoms with Crippen LogP contribution in [0.5, 0.6) is 0 Å². The van der Waals surface area contributed by atoms with E-state index in [1.165, 1.54) is 37.8 Å². The van der Waals surface area contributed by atoms with E-state index in [0.717, 1.165) is 16.3 Å². The Morgan fingerprint density at radius 2 is 2.00 bits per heavy atom. The first-order valence-corrected chi connectivity index (χ1v) is 11.3. The molecule has 0 aliphatic heterocycles. The highest BCUT2D eigenvalue weighted by molar-refractivity contribution is 7.99. The summed E-state index contributed by atoms with van der Waals surface area (Å²) < 4.78 is 38.5. The average molecular weight is 389 g/mol. The van der Waals surface area contributed by atoms with E-state index in [9.17, 15) is 17.6 Å². The van der Waals surface area contributed by atoms with E-state index >= 15 is 0 Å². The zero-order valence-electron chi connectivity index (χ0n) is 14.4. The van der Waals surface area contributed by atoms with Crippen LogP contribution in [-0.2, 0) is 21.4 Å². The molecular weight excluding hydrogens is 363 g/mol. The van der Waals surface area contributed by atoms with E-state index in [0.29, 0.717) is 11.8 Å². The number of amides is 1. The van der Waals surface area contributed by atoms with Crippen LogP contribution >= 0.6 is 11.8 Å². The van der Waals surface area contributed by atoms with E-state index < -0.39 is 15.8 Å². The molecule has 1 aliphatic rings. The lowest BCUT2D eigenvalue weighted by Gasteiger charge is -2.20. The maximum absolute atomic E-state index is 13.7. The Kier molecular flexibility index (Phi) is 7.71. The molecule has 0 bridgehead atoms. The normalized spacial score (nSPS) is 15.6. The van der Waals surface area contributed by atoms with Gasteiger partial charge in [0, 0.05) is 29.7 Å². The second kappa shape index (κ2) is 9.54. The fourth-order valence-corrected chi connectivity index (χ4v) is 4.74.